The summed E-state index contributed by atoms with van der Waals surface area (Å²) in [6.07, 6.45) is 10.9. The zero-order chi connectivity index (χ0) is 15.3. The smallest absolute Gasteiger partial charge is 0.109 e. The predicted molar refractivity (Wildman–Crippen MR) is 94.9 cm³/mol. The maximum atomic E-state index is 5.69. The van der Waals surface area contributed by atoms with Crippen LogP contribution in [0.3, 0.4) is 0 Å². The van der Waals surface area contributed by atoms with Crippen molar-refractivity contribution in [1.29, 1.82) is 0 Å². The first-order chi connectivity index (χ1) is 10.3. The van der Waals surface area contributed by atoms with Gasteiger partial charge in [-0.05, 0) is 24.5 Å². The first kappa shape index (κ1) is 18.6. The number of methoxy groups -OCH3 is 1. The van der Waals surface area contributed by atoms with E-state index >= 15 is 0 Å². The lowest BCUT2D eigenvalue weighted by Crippen LogP contribution is -2.16. The Morgan fingerprint density at radius 1 is 0.952 bits per heavy atom. The largest absolute Gasteiger partial charge is 0.370 e. The second-order valence-electron chi connectivity index (χ2n) is 5.92. The van der Waals surface area contributed by atoms with Crippen molar-refractivity contribution in [3.05, 3.63) is 30.3 Å². The highest BCUT2D eigenvalue weighted by atomic mass is 32.2. The van der Waals surface area contributed by atoms with E-state index in [4.69, 9.17) is 4.74 Å². The van der Waals surface area contributed by atoms with E-state index in [-0.39, 0.29) is 5.44 Å². The number of rotatable bonds is 12. The average molecular weight is 309 g/mol. The summed E-state index contributed by atoms with van der Waals surface area (Å²) in [4.78, 5) is 1.30. The van der Waals surface area contributed by atoms with Crippen LogP contribution in [-0.4, -0.2) is 12.5 Å². The molecule has 0 aromatic heterocycles. The molecule has 0 amide bonds. The van der Waals surface area contributed by atoms with Crippen molar-refractivity contribution in [3.63, 3.8) is 0 Å². The number of hydrogen-bond acceptors (Lipinski definition) is 2. The molecule has 1 nitrogen and oxygen atoms in total. The maximum Gasteiger partial charge on any atom is 0.109 e. The van der Waals surface area contributed by atoms with E-state index in [1.54, 1.807) is 0 Å². The van der Waals surface area contributed by atoms with Gasteiger partial charge < -0.3 is 4.74 Å². The molecule has 1 aromatic carbocycles. The molecule has 21 heavy (non-hydrogen) atoms. The summed E-state index contributed by atoms with van der Waals surface area (Å²) in [6.45, 7) is 4.60. The van der Waals surface area contributed by atoms with Crippen LogP contribution in [-0.2, 0) is 4.74 Å². The van der Waals surface area contributed by atoms with Crippen LogP contribution in [0, 0.1) is 5.92 Å². The van der Waals surface area contributed by atoms with Gasteiger partial charge in [0.1, 0.15) is 5.44 Å². The minimum Gasteiger partial charge on any atom is -0.370 e. The van der Waals surface area contributed by atoms with Crippen molar-refractivity contribution in [1.82, 2.24) is 0 Å². The highest BCUT2D eigenvalue weighted by Crippen LogP contribution is 2.31. The molecule has 0 aliphatic rings. The summed E-state index contributed by atoms with van der Waals surface area (Å²) in [5.74, 6) is 0.607. The Morgan fingerprint density at radius 3 is 2.19 bits per heavy atom. The third-order valence-corrected chi connectivity index (χ3v) is 5.39. The Bertz CT molecular complexity index is 339. The van der Waals surface area contributed by atoms with E-state index in [1.165, 1.54) is 56.3 Å². The average Bonchev–Trinajstić information content (AvgIpc) is 2.52. The number of unbranched alkanes of at least 4 members (excludes halogenated alkanes) is 6. The summed E-state index contributed by atoms with van der Waals surface area (Å²) in [5.41, 5.74) is 0.271. The van der Waals surface area contributed by atoms with Crippen LogP contribution in [0.5, 0.6) is 0 Å². The minimum atomic E-state index is 0.271. The molecule has 0 radical (unpaired) electrons. The number of hydrogen-bond donors (Lipinski definition) is 0. The van der Waals surface area contributed by atoms with Gasteiger partial charge in [0.2, 0.25) is 0 Å². The molecule has 0 aliphatic carbocycles. The number of ether oxygens (including phenoxy) is 1. The number of benzene rings is 1. The summed E-state index contributed by atoms with van der Waals surface area (Å²) >= 11 is 1.85. The van der Waals surface area contributed by atoms with Crippen LogP contribution in [0.25, 0.3) is 0 Å². The van der Waals surface area contributed by atoms with Crippen molar-refractivity contribution >= 4 is 11.8 Å². The van der Waals surface area contributed by atoms with E-state index in [1.807, 2.05) is 18.9 Å². The molecule has 0 saturated carbocycles. The second-order valence-corrected chi connectivity index (χ2v) is 7.09. The molecule has 0 aliphatic heterocycles. The normalized spacial score (nSPS) is 14.0. The highest BCUT2D eigenvalue weighted by Gasteiger charge is 2.17. The van der Waals surface area contributed by atoms with Crippen LogP contribution in [0.4, 0.5) is 0 Å². The quantitative estimate of drug-likeness (QED) is 0.247. The summed E-state index contributed by atoms with van der Waals surface area (Å²) in [5, 5.41) is 0. The SMILES string of the molecule is CCCCCCCCCC(C)C(OC)Sc1ccccc1. The molecular formula is C19H32OS. The summed E-state index contributed by atoms with van der Waals surface area (Å²) in [7, 11) is 1.84. The minimum absolute atomic E-state index is 0.271. The summed E-state index contributed by atoms with van der Waals surface area (Å²) < 4.78 is 5.69. The fourth-order valence-corrected chi connectivity index (χ4v) is 3.64. The molecule has 1 aromatic rings. The predicted octanol–water partition coefficient (Wildman–Crippen LogP) is 6.53. The van der Waals surface area contributed by atoms with Crippen molar-refractivity contribution in [2.75, 3.05) is 7.11 Å². The fourth-order valence-electron chi connectivity index (χ4n) is 2.59. The van der Waals surface area contributed by atoms with Crippen LogP contribution >= 0.6 is 11.8 Å². The molecule has 0 fully saturated rings. The van der Waals surface area contributed by atoms with Gasteiger partial charge in [0.05, 0.1) is 0 Å². The Kier molecular flexibility index (Phi) is 10.7. The Hall–Kier alpha value is -0.470. The molecular weight excluding hydrogens is 276 g/mol. The van der Waals surface area contributed by atoms with Gasteiger partial charge in [-0.15, -0.1) is 0 Å². The molecule has 0 spiro atoms. The lowest BCUT2D eigenvalue weighted by atomic mass is 10.0. The zero-order valence-corrected chi connectivity index (χ0v) is 14.8. The van der Waals surface area contributed by atoms with Crippen molar-refractivity contribution in [2.45, 2.75) is 75.5 Å². The topological polar surface area (TPSA) is 9.23 Å². The third-order valence-electron chi connectivity index (χ3n) is 3.96. The van der Waals surface area contributed by atoms with Gasteiger partial charge in [-0.25, -0.2) is 0 Å². The van der Waals surface area contributed by atoms with Gasteiger partial charge in [-0.1, -0.05) is 88.8 Å². The third kappa shape index (κ3) is 8.53. The van der Waals surface area contributed by atoms with Crippen molar-refractivity contribution in [2.24, 2.45) is 5.92 Å². The molecule has 0 bridgehead atoms. The Morgan fingerprint density at radius 2 is 1.57 bits per heavy atom. The lowest BCUT2D eigenvalue weighted by molar-refractivity contribution is 0.124. The van der Waals surface area contributed by atoms with Crippen LogP contribution in [0.2, 0.25) is 0 Å². The standard InChI is InChI=1S/C19H32OS/c1-4-5-6-7-8-9-11-14-17(2)19(20-3)21-18-15-12-10-13-16-18/h10,12-13,15-17,19H,4-9,11,14H2,1-3H3. The van der Waals surface area contributed by atoms with E-state index in [0.717, 1.165) is 0 Å². The van der Waals surface area contributed by atoms with Crippen molar-refractivity contribution < 1.29 is 4.74 Å². The van der Waals surface area contributed by atoms with Crippen LogP contribution < -0.4 is 0 Å². The van der Waals surface area contributed by atoms with Gasteiger partial charge in [0.25, 0.3) is 0 Å². The van der Waals surface area contributed by atoms with Gasteiger partial charge in [-0.3, -0.25) is 0 Å². The molecule has 2 atom stereocenters. The van der Waals surface area contributed by atoms with E-state index in [9.17, 15) is 0 Å². The molecule has 0 heterocycles. The van der Waals surface area contributed by atoms with E-state index in [2.05, 4.69) is 44.2 Å². The highest BCUT2D eigenvalue weighted by molar-refractivity contribution is 7.99. The van der Waals surface area contributed by atoms with Gasteiger partial charge in [0, 0.05) is 12.0 Å². The van der Waals surface area contributed by atoms with Gasteiger partial charge in [-0.2, -0.15) is 0 Å². The molecule has 120 valence electrons. The van der Waals surface area contributed by atoms with Crippen molar-refractivity contribution in [3.8, 4) is 0 Å². The molecule has 2 heteroatoms. The van der Waals surface area contributed by atoms with Crippen LogP contribution in [0.15, 0.2) is 35.2 Å². The monoisotopic (exact) mass is 308 g/mol. The lowest BCUT2D eigenvalue weighted by Gasteiger charge is -2.22. The first-order valence-corrected chi connectivity index (χ1v) is 9.40. The first-order valence-electron chi connectivity index (χ1n) is 8.52. The maximum absolute atomic E-state index is 5.69. The van der Waals surface area contributed by atoms with Gasteiger partial charge >= 0.3 is 0 Å². The molecule has 0 saturated heterocycles. The fraction of sp³-hybridized carbons (Fsp3) is 0.684. The summed E-state index contributed by atoms with van der Waals surface area (Å²) in [6, 6.07) is 10.6. The molecule has 1 rings (SSSR count). The van der Waals surface area contributed by atoms with E-state index < -0.39 is 0 Å². The van der Waals surface area contributed by atoms with Crippen LogP contribution in [0.1, 0.15) is 65.2 Å². The van der Waals surface area contributed by atoms with E-state index in [0.29, 0.717) is 5.92 Å². The molecule has 2 unspecified atom stereocenters. The van der Waals surface area contributed by atoms with Gasteiger partial charge in [0.15, 0.2) is 0 Å². The Balaban J connectivity index is 2.18. The second kappa shape index (κ2) is 12.1. The zero-order valence-electron chi connectivity index (χ0n) is 14.0. The number of thioether (sulfide) groups is 1. The molecule has 0 N–H and O–H groups in total. The Labute approximate surface area is 135 Å².